The largest absolute Gasteiger partial charge is 0.507 e. The van der Waals surface area contributed by atoms with E-state index in [1.807, 2.05) is 19.1 Å². The fourth-order valence-electron chi connectivity index (χ4n) is 4.12. The number of H-pyrrole nitrogens is 1. The number of hydrogen-bond donors (Lipinski definition) is 3. The van der Waals surface area contributed by atoms with Gasteiger partial charge in [0, 0.05) is 24.3 Å². The number of aryl methyl sites for hydroxylation is 1. The van der Waals surface area contributed by atoms with E-state index in [0.717, 1.165) is 16.7 Å². The molecule has 1 amide bonds. The number of carbonyl (C=O) groups is 1. The van der Waals surface area contributed by atoms with Crippen LogP contribution in [0.4, 0.5) is 0 Å². The molecule has 1 aliphatic rings. The average Bonchev–Trinajstić information content (AvgIpc) is 3.27. The first kappa shape index (κ1) is 20.2. The maximum atomic E-state index is 13.2. The fraction of sp³-hybridized carbons (Fsp3) is 0.333. The minimum atomic E-state index is -0.325. The molecule has 0 spiro atoms. The Hall–Kier alpha value is -3.12. The predicted molar refractivity (Wildman–Crippen MR) is 116 cm³/mol. The molecule has 6 heteroatoms. The lowest BCUT2D eigenvalue weighted by atomic mass is 9.93. The van der Waals surface area contributed by atoms with Crippen LogP contribution >= 0.6 is 0 Å². The highest BCUT2D eigenvalue weighted by atomic mass is 16.3. The summed E-state index contributed by atoms with van der Waals surface area (Å²) < 4.78 is 0. The number of aromatic nitrogens is 2. The number of benzene rings is 2. The Kier molecular flexibility index (Phi) is 5.35. The Morgan fingerprint density at radius 2 is 1.90 bits per heavy atom. The number of rotatable bonds is 6. The number of phenols is 1. The third-order valence-electron chi connectivity index (χ3n) is 5.75. The number of nitrogens with zero attached hydrogens (tertiary/aromatic N) is 2. The zero-order valence-corrected chi connectivity index (χ0v) is 17.5. The van der Waals surface area contributed by atoms with Crippen molar-refractivity contribution in [1.82, 2.24) is 15.1 Å². The monoisotopic (exact) mass is 405 g/mol. The molecule has 3 aromatic rings. The third-order valence-corrected chi connectivity index (χ3v) is 5.75. The van der Waals surface area contributed by atoms with Crippen molar-refractivity contribution in [1.29, 1.82) is 0 Å². The van der Waals surface area contributed by atoms with E-state index in [-0.39, 0.29) is 24.3 Å². The molecule has 0 fully saturated rings. The molecule has 0 radical (unpaired) electrons. The lowest BCUT2D eigenvalue weighted by molar-refractivity contribution is 0.0732. The lowest BCUT2D eigenvalue weighted by Gasteiger charge is -2.26. The molecular weight excluding hydrogens is 378 g/mol. The smallest absolute Gasteiger partial charge is 0.273 e. The van der Waals surface area contributed by atoms with Gasteiger partial charge in [0.25, 0.3) is 5.91 Å². The van der Waals surface area contributed by atoms with Crippen LogP contribution in [0.25, 0.3) is 11.3 Å². The second kappa shape index (κ2) is 7.95. The quantitative estimate of drug-likeness (QED) is 0.575. The standard InChI is InChI=1S/C24H27N3O3/c1-14(2)16-6-8-17(9-7-16)23-20-21(18-13-15(3)5-10-19(18)29)25-26-22(20)24(30)27(23)11-4-12-28/h5-10,13-14,23,28-29H,4,11-12H2,1-3H3,(H,25,26). The van der Waals surface area contributed by atoms with E-state index in [2.05, 4.69) is 48.3 Å². The number of nitrogens with one attached hydrogen (secondary N) is 1. The van der Waals surface area contributed by atoms with Gasteiger partial charge in [-0.25, -0.2) is 0 Å². The van der Waals surface area contributed by atoms with Crippen LogP contribution < -0.4 is 0 Å². The molecule has 3 N–H and O–H groups in total. The van der Waals surface area contributed by atoms with Crippen molar-refractivity contribution in [2.45, 2.75) is 39.2 Å². The number of carbonyl (C=O) groups excluding carboxylic acids is 1. The SMILES string of the molecule is Cc1ccc(O)c(-c2n[nH]c3c2C(c2ccc(C(C)C)cc2)N(CCCO)C3=O)c1. The van der Waals surface area contributed by atoms with Gasteiger partial charge in [0.15, 0.2) is 0 Å². The van der Waals surface area contributed by atoms with Crippen LogP contribution in [0.15, 0.2) is 42.5 Å². The van der Waals surface area contributed by atoms with Gasteiger partial charge in [0.05, 0.1) is 6.04 Å². The van der Waals surface area contributed by atoms with Crippen molar-refractivity contribution < 1.29 is 15.0 Å². The van der Waals surface area contributed by atoms with Gasteiger partial charge < -0.3 is 15.1 Å². The van der Waals surface area contributed by atoms with Crippen LogP contribution in [0.2, 0.25) is 0 Å². The number of aromatic amines is 1. The van der Waals surface area contributed by atoms with E-state index in [1.54, 1.807) is 11.0 Å². The molecule has 1 unspecified atom stereocenters. The summed E-state index contributed by atoms with van der Waals surface area (Å²) in [6.45, 7) is 6.70. The number of aliphatic hydroxyl groups is 1. The Bertz CT molecular complexity index is 1070. The summed E-state index contributed by atoms with van der Waals surface area (Å²) in [4.78, 5) is 14.9. The summed E-state index contributed by atoms with van der Waals surface area (Å²) in [5, 5.41) is 27.1. The van der Waals surface area contributed by atoms with Gasteiger partial charge in [0.2, 0.25) is 0 Å². The van der Waals surface area contributed by atoms with Crippen molar-refractivity contribution in [2.75, 3.05) is 13.2 Å². The minimum Gasteiger partial charge on any atom is -0.507 e. The summed E-state index contributed by atoms with van der Waals surface area (Å²) >= 11 is 0. The summed E-state index contributed by atoms with van der Waals surface area (Å²) in [6, 6.07) is 13.3. The zero-order chi connectivity index (χ0) is 21.4. The normalized spacial score (nSPS) is 15.8. The molecule has 4 rings (SSSR count). The summed E-state index contributed by atoms with van der Waals surface area (Å²) in [6.07, 6.45) is 0.495. The van der Waals surface area contributed by atoms with Gasteiger partial charge in [0.1, 0.15) is 17.1 Å². The van der Waals surface area contributed by atoms with Crippen molar-refractivity contribution >= 4 is 5.91 Å². The first-order valence-corrected chi connectivity index (χ1v) is 10.3. The van der Waals surface area contributed by atoms with E-state index in [9.17, 15) is 15.0 Å². The predicted octanol–water partition coefficient (Wildman–Crippen LogP) is 4.14. The Morgan fingerprint density at radius 1 is 1.17 bits per heavy atom. The number of aliphatic hydroxyl groups excluding tert-OH is 1. The van der Waals surface area contributed by atoms with Crippen LogP contribution in [0.1, 0.15) is 65.0 Å². The lowest BCUT2D eigenvalue weighted by Crippen LogP contribution is -2.31. The maximum Gasteiger partial charge on any atom is 0.273 e. The van der Waals surface area contributed by atoms with Gasteiger partial charge >= 0.3 is 0 Å². The molecule has 2 heterocycles. The highest BCUT2D eigenvalue weighted by molar-refractivity contribution is 6.00. The third kappa shape index (κ3) is 3.37. The molecule has 6 nitrogen and oxygen atoms in total. The van der Waals surface area contributed by atoms with E-state index >= 15 is 0 Å². The average molecular weight is 405 g/mol. The second-order valence-electron chi connectivity index (χ2n) is 8.18. The second-order valence-corrected chi connectivity index (χ2v) is 8.18. The summed E-state index contributed by atoms with van der Waals surface area (Å²) in [5.41, 5.74) is 5.63. The molecule has 0 aliphatic carbocycles. The van der Waals surface area contributed by atoms with Gasteiger partial charge in [-0.2, -0.15) is 5.10 Å². The Morgan fingerprint density at radius 3 is 2.57 bits per heavy atom. The molecule has 30 heavy (non-hydrogen) atoms. The molecule has 2 aromatic carbocycles. The van der Waals surface area contributed by atoms with Crippen molar-refractivity contribution in [3.8, 4) is 17.0 Å². The Labute approximate surface area is 176 Å². The number of hydrogen-bond acceptors (Lipinski definition) is 4. The Balaban J connectivity index is 1.86. The minimum absolute atomic E-state index is 0.0144. The van der Waals surface area contributed by atoms with E-state index in [4.69, 9.17) is 0 Å². The van der Waals surface area contributed by atoms with Crippen LogP contribution in [0.5, 0.6) is 5.75 Å². The highest BCUT2D eigenvalue weighted by Crippen LogP contribution is 2.44. The molecule has 1 atom stereocenters. The topological polar surface area (TPSA) is 89.5 Å². The molecule has 1 aliphatic heterocycles. The van der Waals surface area contributed by atoms with Crippen LogP contribution in [0.3, 0.4) is 0 Å². The molecule has 0 bridgehead atoms. The number of fused-ring (bicyclic) bond motifs is 1. The van der Waals surface area contributed by atoms with E-state index < -0.39 is 0 Å². The highest BCUT2D eigenvalue weighted by Gasteiger charge is 2.42. The first-order chi connectivity index (χ1) is 14.4. The molecule has 0 saturated carbocycles. The van der Waals surface area contributed by atoms with E-state index in [1.165, 1.54) is 5.56 Å². The van der Waals surface area contributed by atoms with Gasteiger partial charge in [-0.3, -0.25) is 9.89 Å². The van der Waals surface area contributed by atoms with Crippen LogP contribution in [0, 0.1) is 6.92 Å². The number of aromatic hydroxyl groups is 1. The van der Waals surface area contributed by atoms with Crippen molar-refractivity contribution in [3.05, 3.63) is 70.4 Å². The molecule has 156 valence electrons. The molecule has 1 aromatic heterocycles. The number of amides is 1. The summed E-state index contributed by atoms with van der Waals surface area (Å²) in [7, 11) is 0. The maximum absolute atomic E-state index is 13.2. The van der Waals surface area contributed by atoms with Crippen LogP contribution in [-0.2, 0) is 0 Å². The van der Waals surface area contributed by atoms with Gasteiger partial charge in [-0.1, -0.05) is 49.7 Å². The first-order valence-electron chi connectivity index (χ1n) is 10.3. The van der Waals surface area contributed by atoms with Gasteiger partial charge in [-0.15, -0.1) is 0 Å². The summed E-state index contributed by atoms with van der Waals surface area (Å²) in [5.74, 6) is 0.409. The fourth-order valence-corrected chi connectivity index (χ4v) is 4.12. The zero-order valence-electron chi connectivity index (χ0n) is 17.5. The van der Waals surface area contributed by atoms with E-state index in [0.29, 0.717) is 35.8 Å². The van der Waals surface area contributed by atoms with Crippen LogP contribution in [-0.4, -0.2) is 44.4 Å². The molecular formula is C24H27N3O3. The van der Waals surface area contributed by atoms with Gasteiger partial charge in [-0.05, 0) is 42.5 Å². The van der Waals surface area contributed by atoms with Crippen molar-refractivity contribution in [3.63, 3.8) is 0 Å². The molecule has 0 saturated heterocycles. The number of phenolic OH excluding ortho intramolecular Hbond substituents is 1. The van der Waals surface area contributed by atoms with Crippen molar-refractivity contribution in [2.24, 2.45) is 0 Å².